The first-order valence-corrected chi connectivity index (χ1v) is 7.31. The van der Waals surface area contributed by atoms with Crippen molar-refractivity contribution in [2.45, 2.75) is 25.7 Å². The summed E-state index contributed by atoms with van der Waals surface area (Å²) in [4.78, 5) is 0. The average molecular weight is 283 g/mol. The summed E-state index contributed by atoms with van der Waals surface area (Å²) in [5.74, 6) is 0.0518. The quantitative estimate of drug-likeness (QED) is 0.633. The molecule has 0 aliphatic carbocycles. The smallest absolute Gasteiger partial charge is 0.126 e. The predicted molar refractivity (Wildman–Crippen MR) is 79.6 cm³/mol. The van der Waals surface area contributed by atoms with Gasteiger partial charge in [0.05, 0.1) is 6.61 Å². The topological polar surface area (TPSA) is 30.5 Å². The Balaban J connectivity index is 2.52. The lowest BCUT2D eigenvalue weighted by Gasteiger charge is -2.19. The Kier molecular flexibility index (Phi) is 9.20. The van der Waals surface area contributed by atoms with Crippen LogP contribution in [0.4, 0.5) is 4.39 Å². The molecule has 1 atom stereocenters. The summed E-state index contributed by atoms with van der Waals surface area (Å²) in [7, 11) is 1.68. The summed E-state index contributed by atoms with van der Waals surface area (Å²) >= 11 is 0. The normalized spacial score (nSPS) is 12.6. The van der Waals surface area contributed by atoms with Crippen molar-refractivity contribution >= 4 is 0 Å². The molecule has 0 bridgehead atoms. The highest BCUT2D eigenvalue weighted by atomic mass is 19.1. The Hall–Kier alpha value is -0.970. The van der Waals surface area contributed by atoms with Gasteiger partial charge in [0.1, 0.15) is 5.82 Å². The highest BCUT2D eigenvalue weighted by molar-refractivity contribution is 5.22. The largest absolute Gasteiger partial charge is 0.383 e. The van der Waals surface area contributed by atoms with Crippen molar-refractivity contribution in [1.29, 1.82) is 0 Å². The SMILES string of the molecule is CCOCCCC(CNCCOC)c1ccccc1F. The summed E-state index contributed by atoms with van der Waals surface area (Å²) in [5.41, 5.74) is 0.786. The number of methoxy groups -OCH3 is 1. The molecule has 0 aliphatic rings. The number of hydrogen-bond acceptors (Lipinski definition) is 3. The van der Waals surface area contributed by atoms with Crippen LogP contribution in [0.2, 0.25) is 0 Å². The van der Waals surface area contributed by atoms with Crippen molar-refractivity contribution < 1.29 is 13.9 Å². The third kappa shape index (κ3) is 6.46. The van der Waals surface area contributed by atoms with E-state index < -0.39 is 0 Å². The van der Waals surface area contributed by atoms with Crippen molar-refractivity contribution in [3.8, 4) is 0 Å². The standard InChI is InChI=1S/C16H26FNO2/c1-3-20-11-6-7-14(13-18-10-12-19-2)15-8-4-5-9-16(15)17/h4-5,8-9,14,18H,3,6-7,10-13H2,1-2H3. The van der Waals surface area contributed by atoms with E-state index in [1.165, 1.54) is 6.07 Å². The molecule has 0 saturated carbocycles. The molecule has 0 saturated heterocycles. The first-order chi connectivity index (χ1) is 9.79. The number of hydrogen-bond donors (Lipinski definition) is 1. The maximum atomic E-state index is 13.9. The van der Waals surface area contributed by atoms with Gasteiger partial charge in [-0.3, -0.25) is 0 Å². The summed E-state index contributed by atoms with van der Waals surface area (Å²) in [6.45, 7) is 5.67. The van der Waals surface area contributed by atoms with Crippen molar-refractivity contribution in [2.75, 3.05) is 40.0 Å². The minimum atomic E-state index is -0.123. The monoisotopic (exact) mass is 283 g/mol. The van der Waals surface area contributed by atoms with Crippen molar-refractivity contribution in [1.82, 2.24) is 5.32 Å². The van der Waals surface area contributed by atoms with Crippen LogP contribution in [0.25, 0.3) is 0 Å². The van der Waals surface area contributed by atoms with Crippen LogP contribution in [0.5, 0.6) is 0 Å². The maximum Gasteiger partial charge on any atom is 0.126 e. The minimum absolute atomic E-state index is 0.123. The fourth-order valence-electron chi connectivity index (χ4n) is 2.20. The van der Waals surface area contributed by atoms with Gasteiger partial charge in [-0.05, 0) is 37.3 Å². The lowest BCUT2D eigenvalue weighted by Crippen LogP contribution is -2.25. The van der Waals surface area contributed by atoms with E-state index in [-0.39, 0.29) is 11.7 Å². The molecule has 0 aliphatic heterocycles. The molecule has 4 heteroatoms. The predicted octanol–water partition coefficient (Wildman–Crippen LogP) is 2.96. The van der Waals surface area contributed by atoms with Gasteiger partial charge in [-0.25, -0.2) is 4.39 Å². The van der Waals surface area contributed by atoms with E-state index in [1.807, 2.05) is 19.1 Å². The zero-order chi connectivity index (χ0) is 14.6. The number of ether oxygens (including phenoxy) is 2. The number of benzene rings is 1. The molecule has 0 spiro atoms. The van der Waals surface area contributed by atoms with Gasteiger partial charge in [0.25, 0.3) is 0 Å². The number of nitrogens with one attached hydrogen (secondary N) is 1. The van der Waals surface area contributed by atoms with E-state index in [2.05, 4.69) is 5.32 Å². The molecule has 0 amide bonds. The van der Waals surface area contributed by atoms with Crippen LogP contribution in [0.3, 0.4) is 0 Å². The lowest BCUT2D eigenvalue weighted by molar-refractivity contribution is 0.141. The summed E-state index contributed by atoms with van der Waals surface area (Å²) in [6, 6.07) is 7.02. The maximum absolute atomic E-state index is 13.9. The van der Waals surface area contributed by atoms with E-state index in [0.29, 0.717) is 6.61 Å². The molecule has 20 heavy (non-hydrogen) atoms. The molecule has 1 aromatic carbocycles. The highest BCUT2D eigenvalue weighted by Crippen LogP contribution is 2.23. The van der Waals surface area contributed by atoms with Crippen molar-refractivity contribution in [2.24, 2.45) is 0 Å². The zero-order valence-electron chi connectivity index (χ0n) is 12.5. The first kappa shape index (κ1) is 17.1. The molecule has 1 rings (SSSR count). The van der Waals surface area contributed by atoms with Crippen LogP contribution >= 0.6 is 0 Å². The molecular formula is C16H26FNO2. The summed E-state index contributed by atoms with van der Waals surface area (Å²) in [6.07, 6.45) is 1.86. The Labute approximate surface area is 121 Å². The molecule has 3 nitrogen and oxygen atoms in total. The van der Waals surface area contributed by atoms with E-state index in [9.17, 15) is 4.39 Å². The number of rotatable bonds is 11. The van der Waals surface area contributed by atoms with E-state index in [1.54, 1.807) is 13.2 Å². The van der Waals surface area contributed by atoms with E-state index >= 15 is 0 Å². The Bertz CT molecular complexity index is 348. The molecule has 1 unspecified atom stereocenters. The second kappa shape index (κ2) is 10.8. The second-order valence-corrected chi connectivity index (χ2v) is 4.75. The number of halogens is 1. The minimum Gasteiger partial charge on any atom is -0.383 e. The Morgan fingerprint density at radius 1 is 1.25 bits per heavy atom. The highest BCUT2D eigenvalue weighted by Gasteiger charge is 2.14. The van der Waals surface area contributed by atoms with Crippen LogP contribution in [-0.4, -0.2) is 40.0 Å². The zero-order valence-corrected chi connectivity index (χ0v) is 12.5. The van der Waals surface area contributed by atoms with Crippen LogP contribution in [0.15, 0.2) is 24.3 Å². The molecule has 0 heterocycles. The molecule has 1 N–H and O–H groups in total. The van der Waals surface area contributed by atoms with Gasteiger partial charge in [-0.15, -0.1) is 0 Å². The van der Waals surface area contributed by atoms with E-state index in [0.717, 1.165) is 44.7 Å². The fourth-order valence-corrected chi connectivity index (χ4v) is 2.20. The van der Waals surface area contributed by atoms with E-state index in [4.69, 9.17) is 9.47 Å². The fraction of sp³-hybridized carbons (Fsp3) is 0.625. The molecule has 114 valence electrons. The Morgan fingerprint density at radius 2 is 2.05 bits per heavy atom. The summed E-state index contributed by atoms with van der Waals surface area (Å²) < 4.78 is 24.3. The molecule has 0 fully saturated rings. The van der Waals surface area contributed by atoms with Gasteiger partial charge in [0.15, 0.2) is 0 Å². The van der Waals surface area contributed by atoms with Crippen molar-refractivity contribution in [3.63, 3.8) is 0 Å². The third-order valence-electron chi connectivity index (χ3n) is 3.26. The van der Waals surface area contributed by atoms with Crippen LogP contribution in [0.1, 0.15) is 31.2 Å². The van der Waals surface area contributed by atoms with Gasteiger partial charge in [0.2, 0.25) is 0 Å². The van der Waals surface area contributed by atoms with Gasteiger partial charge >= 0.3 is 0 Å². The van der Waals surface area contributed by atoms with Gasteiger partial charge < -0.3 is 14.8 Å². The van der Waals surface area contributed by atoms with Crippen LogP contribution in [0, 0.1) is 5.82 Å². The average Bonchev–Trinajstić information content (AvgIpc) is 2.46. The van der Waals surface area contributed by atoms with Crippen molar-refractivity contribution in [3.05, 3.63) is 35.6 Å². The molecular weight excluding hydrogens is 257 g/mol. The lowest BCUT2D eigenvalue weighted by atomic mass is 9.93. The van der Waals surface area contributed by atoms with Gasteiger partial charge in [0, 0.05) is 33.4 Å². The first-order valence-electron chi connectivity index (χ1n) is 7.31. The molecule has 0 radical (unpaired) electrons. The third-order valence-corrected chi connectivity index (χ3v) is 3.26. The van der Waals surface area contributed by atoms with Gasteiger partial charge in [-0.2, -0.15) is 0 Å². The molecule has 0 aromatic heterocycles. The van der Waals surface area contributed by atoms with Crippen LogP contribution in [-0.2, 0) is 9.47 Å². The molecule has 1 aromatic rings. The Morgan fingerprint density at radius 3 is 2.75 bits per heavy atom. The second-order valence-electron chi connectivity index (χ2n) is 4.75. The van der Waals surface area contributed by atoms with Crippen LogP contribution < -0.4 is 5.32 Å². The van der Waals surface area contributed by atoms with Gasteiger partial charge in [-0.1, -0.05) is 18.2 Å². The summed E-state index contributed by atoms with van der Waals surface area (Å²) in [5, 5.41) is 3.32.